The minimum Gasteiger partial charge on any atom is -0.504 e. The average Bonchev–Trinajstić information content (AvgIpc) is 3.04. The standard InChI is InChI=1S/C32H38O14/c1-2-20-21(14-26(37)44-19-6-3-17(4-7-19)9-11-33)22(30(41)42-12-10-18-5-8-23(35)24(36)13-18)16-43-31(20)46-32-29(40)28(39)27(38)25(15-34)45-32/h2-8,13,16,21,25,27-29,31-36,38-40H,9-12,14-15H2,1H3/b20-2+/t21-,25+,27+,28+,29+,31-,32-/m0/s1. The lowest BCUT2D eigenvalue weighted by Crippen LogP contribution is -2.60. The van der Waals surface area contributed by atoms with Crippen LogP contribution in [0.4, 0.5) is 0 Å². The highest BCUT2D eigenvalue weighted by molar-refractivity contribution is 5.91. The van der Waals surface area contributed by atoms with E-state index in [9.17, 15) is 40.2 Å². The van der Waals surface area contributed by atoms with Gasteiger partial charge in [0.15, 0.2) is 17.8 Å². The fourth-order valence-electron chi connectivity index (χ4n) is 5.07. The third kappa shape index (κ3) is 8.41. The normalized spacial score (nSPS) is 27.0. The van der Waals surface area contributed by atoms with Gasteiger partial charge in [-0.3, -0.25) is 4.79 Å². The van der Waals surface area contributed by atoms with E-state index in [2.05, 4.69) is 0 Å². The maximum atomic E-state index is 13.3. The number of aliphatic hydroxyl groups is 5. The zero-order chi connectivity index (χ0) is 33.4. The molecule has 1 fully saturated rings. The number of aliphatic hydroxyl groups excluding tert-OH is 5. The number of hydrogen-bond acceptors (Lipinski definition) is 14. The summed E-state index contributed by atoms with van der Waals surface area (Å²) in [7, 11) is 0. The van der Waals surface area contributed by atoms with Gasteiger partial charge in [-0.15, -0.1) is 0 Å². The molecule has 0 amide bonds. The van der Waals surface area contributed by atoms with E-state index in [1.165, 1.54) is 18.2 Å². The number of ether oxygens (including phenoxy) is 5. The molecule has 0 unspecified atom stereocenters. The van der Waals surface area contributed by atoms with Crippen molar-refractivity contribution >= 4 is 11.9 Å². The van der Waals surface area contributed by atoms with Gasteiger partial charge in [-0.2, -0.15) is 0 Å². The molecular formula is C32H38O14. The Hall–Kier alpha value is -4.02. The molecule has 2 aliphatic rings. The molecule has 0 bridgehead atoms. The third-order valence-corrected chi connectivity index (χ3v) is 7.63. The molecule has 0 radical (unpaired) electrons. The van der Waals surface area contributed by atoms with Crippen molar-refractivity contribution in [3.05, 3.63) is 77.1 Å². The van der Waals surface area contributed by atoms with Crippen molar-refractivity contribution in [2.75, 3.05) is 19.8 Å². The van der Waals surface area contributed by atoms with Crippen molar-refractivity contribution in [3.8, 4) is 17.2 Å². The van der Waals surface area contributed by atoms with Crippen LogP contribution in [-0.4, -0.2) is 105 Å². The molecule has 14 nitrogen and oxygen atoms in total. The maximum absolute atomic E-state index is 13.3. The van der Waals surface area contributed by atoms with Crippen molar-refractivity contribution in [1.29, 1.82) is 0 Å². The average molecular weight is 647 g/mol. The van der Waals surface area contributed by atoms with E-state index in [1.807, 2.05) is 0 Å². The van der Waals surface area contributed by atoms with Gasteiger partial charge < -0.3 is 59.4 Å². The number of aromatic hydroxyl groups is 2. The summed E-state index contributed by atoms with van der Waals surface area (Å²) in [6.07, 6.45) is -6.34. The SMILES string of the molecule is C/C=C1/[C@H](O[C@@H]2O[C@H](CO)[C@@H](O)[C@@H](O)[C@H]2O)OC=C(C(=O)OCCc2ccc(O)c(O)c2)[C@H]1CC(=O)Oc1ccc(CCO)cc1. The van der Waals surface area contributed by atoms with Crippen molar-refractivity contribution in [3.63, 3.8) is 0 Å². The van der Waals surface area contributed by atoms with Crippen LogP contribution in [0, 0.1) is 5.92 Å². The molecule has 2 heterocycles. The second kappa shape index (κ2) is 16.0. The monoisotopic (exact) mass is 646 g/mol. The number of phenolic OH excluding ortho intramolecular Hbond substituents is 2. The Morgan fingerprint density at radius 1 is 0.913 bits per heavy atom. The van der Waals surface area contributed by atoms with Crippen LogP contribution in [0.1, 0.15) is 24.5 Å². The Balaban J connectivity index is 1.52. The Labute approximate surface area is 264 Å². The first kappa shape index (κ1) is 34.8. The van der Waals surface area contributed by atoms with Crippen LogP contribution in [0.3, 0.4) is 0 Å². The molecule has 46 heavy (non-hydrogen) atoms. The highest BCUT2D eigenvalue weighted by atomic mass is 16.8. The molecule has 0 aromatic heterocycles. The van der Waals surface area contributed by atoms with Crippen LogP contribution in [0.2, 0.25) is 0 Å². The summed E-state index contributed by atoms with van der Waals surface area (Å²) >= 11 is 0. The fraction of sp³-hybridized carbons (Fsp3) is 0.438. The summed E-state index contributed by atoms with van der Waals surface area (Å²) in [6.45, 7) is 0.770. The van der Waals surface area contributed by atoms with Crippen LogP contribution in [0.15, 0.2) is 65.9 Å². The second-order valence-corrected chi connectivity index (χ2v) is 10.7. The molecule has 250 valence electrons. The fourth-order valence-corrected chi connectivity index (χ4v) is 5.07. The first-order chi connectivity index (χ1) is 22.1. The van der Waals surface area contributed by atoms with Gasteiger partial charge in [0.05, 0.1) is 31.5 Å². The number of allylic oxidation sites excluding steroid dienone is 1. The minimum absolute atomic E-state index is 0.0377. The van der Waals surface area contributed by atoms with Crippen molar-refractivity contribution < 1.29 is 69.0 Å². The van der Waals surface area contributed by atoms with E-state index in [-0.39, 0.29) is 54.5 Å². The smallest absolute Gasteiger partial charge is 0.337 e. The van der Waals surface area contributed by atoms with Gasteiger partial charge in [-0.1, -0.05) is 24.3 Å². The van der Waals surface area contributed by atoms with E-state index in [0.717, 1.165) is 11.8 Å². The number of phenols is 2. The summed E-state index contributed by atoms with van der Waals surface area (Å²) < 4.78 is 27.9. The molecule has 7 N–H and O–H groups in total. The summed E-state index contributed by atoms with van der Waals surface area (Å²) in [6, 6.07) is 10.7. The molecule has 0 spiro atoms. The molecule has 0 saturated carbocycles. The topological polar surface area (TPSA) is 222 Å². The Morgan fingerprint density at radius 2 is 1.63 bits per heavy atom. The van der Waals surface area contributed by atoms with E-state index in [1.54, 1.807) is 37.3 Å². The predicted octanol–water partition coefficient (Wildman–Crippen LogP) is 0.333. The molecule has 2 aromatic rings. The first-order valence-electron chi connectivity index (χ1n) is 14.6. The molecule has 2 aromatic carbocycles. The predicted molar refractivity (Wildman–Crippen MR) is 157 cm³/mol. The van der Waals surface area contributed by atoms with Crippen LogP contribution in [-0.2, 0) is 41.4 Å². The highest BCUT2D eigenvalue weighted by Crippen LogP contribution is 2.36. The number of carbonyl (C=O) groups is 2. The lowest BCUT2D eigenvalue weighted by Gasteiger charge is -2.41. The van der Waals surface area contributed by atoms with E-state index < -0.39 is 61.5 Å². The largest absolute Gasteiger partial charge is 0.504 e. The number of carbonyl (C=O) groups excluding carboxylic acids is 2. The van der Waals surface area contributed by atoms with Gasteiger partial charge in [-0.25, -0.2) is 4.79 Å². The van der Waals surface area contributed by atoms with Gasteiger partial charge >= 0.3 is 11.9 Å². The number of hydrogen-bond donors (Lipinski definition) is 7. The molecule has 7 atom stereocenters. The van der Waals surface area contributed by atoms with Crippen LogP contribution in [0.5, 0.6) is 17.2 Å². The third-order valence-electron chi connectivity index (χ3n) is 7.63. The zero-order valence-corrected chi connectivity index (χ0v) is 25.0. The molecule has 0 aliphatic carbocycles. The van der Waals surface area contributed by atoms with Gasteiger partial charge in [0.25, 0.3) is 0 Å². The molecular weight excluding hydrogens is 608 g/mol. The number of rotatable bonds is 12. The Morgan fingerprint density at radius 3 is 2.28 bits per heavy atom. The molecule has 14 heteroatoms. The molecule has 4 rings (SSSR count). The maximum Gasteiger partial charge on any atom is 0.337 e. The van der Waals surface area contributed by atoms with Crippen LogP contribution >= 0.6 is 0 Å². The van der Waals surface area contributed by atoms with Crippen LogP contribution in [0.25, 0.3) is 0 Å². The van der Waals surface area contributed by atoms with E-state index >= 15 is 0 Å². The lowest BCUT2D eigenvalue weighted by atomic mass is 9.86. The lowest BCUT2D eigenvalue weighted by molar-refractivity contribution is -0.327. The highest BCUT2D eigenvalue weighted by Gasteiger charge is 2.47. The van der Waals surface area contributed by atoms with Crippen molar-refractivity contribution in [2.45, 2.75) is 63.2 Å². The minimum atomic E-state index is -1.73. The number of benzene rings is 2. The first-order valence-corrected chi connectivity index (χ1v) is 14.6. The van der Waals surface area contributed by atoms with Gasteiger partial charge in [0.1, 0.15) is 30.2 Å². The summed E-state index contributed by atoms with van der Waals surface area (Å²) in [4.78, 5) is 26.4. The van der Waals surface area contributed by atoms with E-state index in [4.69, 9.17) is 28.8 Å². The zero-order valence-electron chi connectivity index (χ0n) is 25.0. The Kier molecular flexibility index (Phi) is 12.1. The van der Waals surface area contributed by atoms with Crippen molar-refractivity contribution in [2.24, 2.45) is 5.92 Å². The van der Waals surface area contributed by atoms with Crippen molar-refractivity contribution in [1.82, 2.24) is 0 Å². The second-order valence-electron chi connectivity index (χ2n) is 10.7. The van der Waals surface area contributed by atoms with Crippen LogP contribution < -0.4 is 4.74 Å². The molecule has 1 saturated heterocycles. The van der Waals surface area contributed by atoms with Gasteiger partial charge in [0, 0.05) is 24.5 Å². The summed E-state index contributed by atoms with van der Waals surface area (Å²) in [5.41, 5.74) is 1.63. The van der Waals surface area contributed by atoms with E-state index in [0.29, 0.717) is 12.0 Å². The summed E-state index contributed by atoms with van der Waals surface area (Å²) in [5.74, 6) is -2.91. The van der Waals surface area contributed by atoms with Gasteiger partial charge in [0.2, 0.25) is 6.29 Å². The quantitative estimate of drug-likeness (QED) is 0.0715. The molecule has 2 aliphatic heterocycles. The summed E-state index contributed by atoms with van der Waals surface area (Å²) in [5, 5.41) is 68.7. The number of esters is 2. The van der Waals surface area contributed by atoms with Gasteiger partial charge in [-0.05, 0) is 48.7 Å². The Bertz CT molecular complexity index is 1400.